The maximum atomic E-state index is 12.8. The van der Waals surface area contributed by atoms with Gasteiger partial charge < -0.3 is 19.7 Å². The van der Waals surface area contributed by atoms with Crippen molar-refractivity contribution in [3.8, 4) is 0 Å². The number of carbonyl (C=O) groups is 1. The number of ether oxygens (including phenoxy) is 2. The van der Waals surface area contributed by atoms with E-state index < -0.39 is 12.2 Å². The van der Waals surface area contributed by atoms with Crippen molar-refractivity contribution in [1.29, 1.82) is 0 Å². The van der Waals surface area contributed by atoms with Crippen LogP contribution in [0.15, 0.2) is 12.3 Å². The summed E-state index contributed by atoms with van der Waals surface area (Å²) in [4.78, 5) is 12.8. The molecule has 2 fully saturated rings. The molecule has 0 heterocycles. The van der Waals surface area contributed by atoms with Crippen LogP contribution in [-0.2, 0) is 14.3 Å². The molecule has 5 nitrogen and oxygen atoms in total. The van der Waals surface area contributed by atoms with E-state index >= 15 is 0 Å². The van der Waals surface area contributed by atoms with Gasteiger partial charge in [-0.3, -0.25) is 4.79 Å². The largest absolute Gasteiger partial charge is 0.493 e. The number of hydrogen-bond donors (Lipinski definition) is 2. The third-order valence-corrected chi connectivity index (χ3v) is 6.63. The van der Waals surface area contributed by atoms with Crippen molar-refractivity contribution in [2.24, 2.45) is 35.5 Å². The van der Waals surface area contributed by atoms with Gasteiger partial charge in [-0.1, -0.05) is 33.3 Å². The standard InChI is InChI=1S/C22H38O5/c1-8-14-18-13(11-17(23)20(24)15(18)9-2)10-16(19(14)21(25)26-7)12(3)27-22(4,5)6/h13-20,23-24H,3,8-11H2,1-2,4-7H3. The van der Waals surface area contributed by atoms with Gasteiger partial charge in [0, 0.05) is 5.92 Å². The maximum absolute atomic E-state index is 12.8. The smallest absolute Gasteiger partial charge is 0.309 e. The summed E-state index contributed by atoms with van der Waals surface area (Å²) in [5.74, 6) is 0.450. The fourth-order valence-electron chi connectivity index (χ4n) is 5.72. The van der Waals surface area contributed by atoms with Crippen molar-refractivity contribution in [2.75, 3.05) is 7.11 Å². The van der Waals surface area contributed by atoms with Crippen molar-refractivity contribution in [3.05, 3.63) is 12.3 Å². The molecular formula is C22H38O5. The fourth-order valence-corrected chi connectivity index (χ4v) is 5.72. The number of fused-ring (bicyclic) bond motifs is 1. The molecule has 8 unspecified atom stereocenters. The van der Waals surface area contributed by atoms with E-state index in [0.29, 0.717) is 12.2 Å². The fraction of sp³-hybridized carbons (Fsp3) is 0.864. The van der Waals surface area contributed by atoms with E-state index in [1.54, 1.807) is 0 Å². The summed E-state index contributed by atoms with van der Waals surface area (Å²) < 4.78 is 11.2. The Labute approximate surface area is 164 Å². The zero-order valence-corrected chi connectivity index (χ0v) is 17.8. The van der Waals surface area contributed by atoms with E-state index in [-0.39, 0.29) is 47.1 Å². The molecule has 5 heteroatoms. The Balaban J connectivity index is 2.42. The van der Waals surface area contributed by atoms with Crippen molar-refractivity contribution in [2.45, 2.75) is 78.1 Å². The Bertz CT molecular complexity index is 537. The summed E-state index contributed by atoms with van der Waals surface area (Å²) in [5, 5.41) is 21.0. The molecule has 0 bridgehead atoms. The van der Waals surface area contributed by atoms with E-state index in [1.807, 2.05) is 20.8 Å². The molecule has 0 aromatic carbocycles. The summed E-state index contributed by atoms with van der Waals surface area (Å²) in [6, 6.07) is 0. The molecule has 2 aliphatic rings. The minimum atomic E-state index is -0.728. The van der Waals surface area contributed by atoms with E-state index in [1.165, 1.54) is 7.11 Å². The van der Waals surface area contributed by atoms with Crippen LogP contribution in [-0.4, -0.2) is 41.1 Å². The number of esters is 1. The summed E-state index contributed by atoms with van der Waals surface area (Å²) in [5.41, 5.74) is -0.384. The molecule has 0 amide bonds. The van der Waals surface area contributed by atoms with Crippen molar-refractivity contribution in [1.82, 2.24) is 0 Å². The van der Waals surface area contributed by atoms with E-state index in [0.717, 1.165) is 19.3 Å². The third kappa shape index (κ3) is 4.51. The van der Waals surface area contributed by atoms with Crippen LogP contribution in [0.5, 0.6) is 0 Å². The summed E-state index contributed by atoms with van der Waals surface area (Å²) >= 11 is 0. The molecule has 0 radical (unpaired) electrons. The summed E-state index contributed by atoms with van der Waals surface area (Å²) in [6.07, 6.45) is 1.46. The molecule has 0 spiro atoms. The number of aliphatic hydroxyl groups excluding tert-OH is 2. The first-order chi connectivity index (χ1) is 12.6. The number of hydrogen-bond acceptors (Lipinski definition) is 5. The zero-order chi connectivity index (χ0) is 20.5. The van der Waals surface area contributed by atoms with Crippen molar-refractivity contribution < 1.29 is 24.5 Å². The lowest BCUT2D eigenvalue weighted by Gasteiger charge is -2.54. The van der Waals surface area contributed by atoms with Crippen molar-refractivity contribution >= 4 is 5.97 Å². The Hall–Kier alpha value is -1.07. The van der Waals surface area contributed by atoms with E-state index in [9.17, 15) is 15.0 Å². The zero-order valence-electron chi connectivity index (χ0n) is 17.8. The molecule has 2 N–H and O–H groups in total. The van der Waals surface area contributed by atoms with Crippen LogP contribution >= 0.6 is 0 Å². The first kappa shape index (κ1) is 22.2. The molecule has 2 rings (SSSR count). The Morgan fingerprint density at radius 1 is 1.11 bits per heavy atom. The molecular weight excluding hydrogens is 344 g/mol. The third-order valence-electron chi connectivity index (χ3n) is 6.63. The minimum absolute atomic E-state index is 0.00592. The van der Waals surface area contributed by atoms with Gasteiger partial charge in [-0.25, -0.2) is 0 Å². The van der Waals surface area contributed by atoms with Gasteiger partial charge in [0.25, 0.3) is 0 Å². The molecule has 0 saturated heterocycles. The van der Waals surface area contributed by atoms with E-state index in [2.05, 4.69) is 20.4 Å². The molecule has 27 heavy (non-hydrogen) atoms. The molecule has 8 atom stereocenters. The van der Waals surface area contributed by atoms with Crippen LogP contribution in [0.25, 0.3) is 0 Å². The Kier molecular flexibility index (Phi) is 7.01. The van der Waals surface area contributed by atoms with Crippen LogP contribution in [0, 0.1) is 35.5 Å². The summed E-state index contributed by atoms with van der Waals surface area (Å²) in [6.45, 7) is 14.2. The lowest BCUT2D eigenvalue weighted by molar-refractivity contribution is -0.168. The molecule has 2 aliphatic carbocycles. The summed E-state index contributed by atoms with van der Waals surface area (Å²) in [7, 11) is 1.43. The highest BCUT2D eigenvalue weighted by atomic mass is 16.5. The van der Waals surface area contributed by atoms with Crippen molar-refractivity contribution in [3.63, 3.8) is 0 Å². The van der Waals surface area contributed by atoms with Gasteiger partial charge in [0.15, 0.2) is 0 Å². The predicted molar refractivity (Wildman–Crippen MR) is 105 cm³/mol. The molecule has 0 aliphatic heterocycles. The molecule has 0 aromatic rings. The van der Waals surface area contributed by atoms with Crippen LogP contribution in [0.4, 0.5) is 0 Å². The molecule has 156 valence electrons. The highest BCUT2D eigenvalue weighted by Crippen LogP contribution is 2.55. The number of carbonyl (C=O) groups excluding carboxylic acids is 1. The second-order valence-corrected chi connectivity index (χ2v) is 9.35. The second kappa shape index (κ2) is 8.52. The highest BCUT2D eigenvalue weighted by molar-refractivity contribution is 5.73. The molecule has 0 aromatic heterocycles. The minimum Gasteiger partial charge on any atom is -0.493 e. The van der Waals surface area contributed by atoms with Crippen LogP contribution in [0.1, 0.15) is 60.3 Å². The topological polar surface area (TPSA) is 76.0 Å². The van der Waals surface area contributed by atoms with Gasteiger partial charge in [0.05, 0.1) is 31.0 Å². The number of allylic oxidation sites excluding steroid dienone is 1. The van der Waals surface area contributed by atoms with Gasteiger partial charge in [0.1, 0.15) is 5.60 Å². The highest BCUT2D eigenvalue weighted by Gasteiger charge is 2.55. The quantitative estimate of drug-likeness (QED) is 0.562. The van der Waals surface area contributed by atoms with E-state index in [4.69, 9.17) is 9.47 Å². The van der Waals surface area contributed by atoms with Gasteiger partial charge in [0.2, 0.25) is 0 Å². The monoisotopic (exact) mass is 382 g/mol. The van der Waals surface area contributed by atoms with Gasteiger partial charge >= 0.3 is 5.97 Å². The number of methoxy groups -OCH3 is 1. The maximum Gasteiger partial charge on any atom is 0.309 e. The first-order valence-electron chi connectivity index (χ1n) is 10.4. The normalized spacial score (nSPS) is 39.4. The van der Waals surface area contributed by atoms with Crippen LogP contribution in [0.3, 0.4) is 0 Å². The van der Waals surface area contributed by atoms with Gasteiger partial charge in [-0.2, -0.15) is 0 Å². The average molecular weight is 383 g/mol. The number of aliphatic hydroxyl groups is 2. The SMILES string of the molecule is C=C(OC(C)(C)C)C1CC2CC(O)C(O)C(CC)C2C(CC)C1C(=O)OC. The predicted octanol–water partition coefficient (Wildman–Crippen LogP) is 3.53. The van der Waals surface area contributed by atoms with Crippen LogP contribution < -0.4 is 0 Å². The lowest BCUT2D eigenvalue weighted by Crippen LogP contribution is -2.55. The van der Waals surface area contributed by atoms with Crippen LogP contribution in [0.2, 0.25) is 0 Å². The second-order valence-electron chi connectivity index (χ2n) is 9.35. The molecule has 2 saturated carbocycles. The number of rotatable bonds is 5. The van der Waals surface area contributed by atoms with Gasteiger partial charge in [-0.05, 0) is 57.3 Å². The average Bonchev–Trinajstić information content (AvgIpc) is 2.59. The van der Waals surface area contributed by atoms with Gasteiger partial charge in [-0.15, -0.1) is 0 Å². The lowest BCUT2D eigenvalue weighted by atomic mass is 9.52. The Morgan fingerprint density at radius 2 is 1.70 bits per heavy atom. The first-order valence-corrected chi connectivity index (χ1v) is 10.4. The Morgan fingerprint density at radius 3 is 2.19 bits per heavy atom.